The lowest BCUT2D eigenvalue weighted by Gasteiger charge is -2.28. The van der Waals surface area contributed by atoms with E-state index in [1.807, 2.05) is 140 Å². The van der Waals surface area contributed by atoms with Gasteiger partial charge in [0.2, 0.25) is 0 Å². The van der Waals surface area contributed by atoms with Crippen LogP contribution in [-0.4, -0.2) is 0 Å². The molecule has 0 saturated carbocycles. The van der Waals surface area contributed by atoms with Crippen LogP contribution in [0.2, 0.25) is 0 Å². The number of furan rings is 1. The first kappa shape index (κ1) is 28.3. The van der Waals surface area contributed by atoms with Crippen molar-refractivity contribution in [2.75, 3.05) is 4.90 Å². The largest absolute Gasteiger partial charge is 0.455 e. The Hall–Kier alpha value is -8.20. The molecule has 0 aliphatic heterocycles. The Morgan fingerprint density at radius 3 is 1.68 bits per heavy atom. The molecule has 12 rings (SSSR count). The van der Waals surface area contributed by atoms with E-state index in [0.29, 0.717) is 33.5 Å². The third-order valence-electron chi connectivity index (χ3n) is 11.8. The van der Waals surface area contributed by atoms with Crippen molar-refractivity contribution >= 4 is 71.3 Å². The number of benzene rings is 11. The number of nitrogens with zero attached hydrogens (tertiary/aromatic N) is 1. The summed E-state index contributed by atoms with van der Waals surface area (Å²) in [4.78, 5) is 1.39. The maximum absolute atomic E-state index is 9.79. The van der Waals surface area contributed by atoms with Crippen LogP contribution in [0.4, 0.5) is 17.1 Å². The second-order valence-electron chi connectivity index (χ2n) is 15.4. The van der Waals surface area contributed by atoms with Gasteiger partial charge < -0.3 is 9.32 Å². The standard InChI is InChI=1S/C60H39NO/c1-2-12-47-38-48(26-22-40(47)10-1)43-30-35-51(36-31-43)61(50-33-28-42(29-34-50)41-20-23-45(24-21-41)53-17-9-13-44-11-3-4-14-52(44)53)58-18-7-5-15-54(58)49-27-25-46-32-37-56-55-16-6-8-19-59(55)62-60(56)57(46)39-49/h1-39H/i28D,29D,30D,31D,33D,34D,35D,36D. The molecule has 0 saturated heterocycles. The first-order valence-corrected chi connectivity index (χ1v) is 20.6. The predicted octanol–water partition coefficient (Wildman–Crippen LogP) is 17.2. The Labute approximate surface area is 371 Å². The van der Waals surface area contributed by atoms with Crippen LogP contribution in [0.1, 0.15) is 11.0 Å². The van der Waals surface area contributed by atoms with Crippen molar-refractivity contribution in [1.29, 1.82) is 0 Å². The highest BCUT2D eigenvalue weighted by atomic mass is 16.3. The zero-order chi connectivity index (χ0) is 47.9. The quantitative estimate of drug-likeness (QED) is 0.160. The van der Waals surface area contributed by atoms with Gasteiger partial charge >= 0.3 is 0 Å². The fourth-order valence-corrected chi connectivity index (χ4v) is 8.70. The molecule has 0 aliphatic rings. The number of fused-ring (bicyclic) bond motifs is 7. The lowest BCUT2D eigenvalue weighted by atomic mass is 9.96. The Morgan fingerprint density at radius 2 is 0.871 bits per heavy atom. The summed E-state index contributed by atoms with van der Waals surface area (Å²) in [6.45, 7) is 0. The first-order chi connectivity index (χ1) is 34.1. The van der Waals surface area contributed by atoms with Crippen molar-refractivity contribution in [1.82, 2.24) is 0 Å². The summed E-state index contributed by atoms with van der Waals surface area (Å²) >= 11 is 0. The topological polar surface area (TPSA) is 16.4 Å². The molecule has 0 unspecified atom stereocenters. The molecular formula is C60H39NO. The Bertz CT molecular complexity index is 4060. The third-order valence-corrected chi connectivity index (χ3v) is 11.8. The smallest absolute Gasteiger partial charge is 0.143 e. The van der Waals surface area contributed by atoms with Gasteiger partial charge in [0.15, 0.2) is 0 Å². The molecule has 12 aromatic rings. The van der Waals surface area contributed by atoms with Crippen molar-refractivity contribution in [2.45, 2.75) is 0 Å². The van der Waals surface area contributed by atoms with E-state index in [1.54, 1.807) is 30.3 Å². The molecule has 0 atom stereocenters. The van der Waals surface area contributed by atoms with E-state index in [1.165, 1.54) is 4.90 Å². The summed E-state index contributed by atoms with van der Waals surface area (Å²) in [5.74, 6) is 0. The minimum Gasteiger partial charge on any atom is -0.455 e. The molecule has 1 aromatic heterocycles. The maximum Gasteiger partial charge on any atom is 0.143 e. The lowest BCUT2D eigenvalue weighted by molar-refractivity contribution is 0.672. The second kappa shape index (κ2) is 14.8. The molecule has 2 heteroatoms. The Balaban J connectivity index is 1.07. The van der Waals surface area contributed by atoms with Gasteiger partial charge in [-0.3, -0.25) is 0 Å². The molecule has 0 N–H and O–H groups in total. The molecule has 0 aliphatic carbocycles. The number of hydrogen-bond donors (Lipinski definition) is 0. The van der Waals surface area contributed by atoms with Gasteiger partial charge in [0.05, 0.1) is 16.7 Å². The summed E-state index contributed by atoms with van der Waals surface area (Å²) in [5, 5.41) is 7.74. The monoisotopic (exact) mass is 797 g/mol. The lowest BCUT2D eigenvalue weighted by Crippen LogP contribution is -2.11. The van der Waals surface area contributed by atoms with Crippen molar-refractivity contribution < 1.29 is 15.4 Å². The summed E-state index contributed by atoms with van der Waals surface area (Å²) < 4.78 is 83.8. The molecule has 11 aromatic carbocycles. The predicted molar refractivity (Wildman–Crippen MR) is 263 cm³/mol. The fourth-order valence-electron chi connectivity index (χ4n) is 8.70. The SMILES string of the molecule is [2H]c1c([2H])c(N(c2ccccc2-c2ccc3ccc4c5ccccc5oc4c3c2)c2c([2H])c([2H])c(-c3ccc4ccccc4c3)c([2H])c2[2H])c([2H])c([2H])c1-c1ccc(-c2cccc3ccccc23)cc1. The molecule has 0 spiro atoms. The van der Waals surface area contributed by atoms with Crippen LogP contribution < -0.4 is 4.90 Å². The summed E-state index contributed by atoms with van der Waals surface area (Å²) in [6, 6.07) is 57.2. The van der Waals surface area contributed by atoms with E-state index in [9.17, 15) is 11.0 Å². The van der Waals surface area contributed by atoms with Crippen molar-refractivity contribution in [3.05, 3.63) is 236 Å². The molecule has 1 heterocycles. The average Bonchev–Trinajstić information content (AvgIpc) is 3.79. The van der Waals surface area contributed by atoms with E-state index in [4.69, 9.17) is 4.42 Å². The zero-order valence-electron chi connectivity index (χ0n) is 41.3. The van der Waals surface area contributed by atoms with E-state index in [-0.39, 0.29) is 46.7 Å². The molecule has 0 fully saturated rings. The highest BCUT2D eigenvalue weighted by Gasteiger charge is 2.19. The highest BCUT2D eigenvalue weighted by molar-refractivity contribution is 6.15. The second-order valence-corrected chi connectivity index (χ2v) is 15.4. The van der Waals surface area contributed by atoms with Crippen molar-refractivity contribution in [3.8, 4) is 44.5 Å². The molecule has 2 nitrogen and oxygen atoms in total. The summed E-state index contributed by atoms with van der Waals surface area (Å²) in [5.41, 5.74) is 5.76. The number of anilines is 3. The Morgan fingerprint density at radius 1 is 0.323 bits per heavy atom. The molecule has 290 valence electrons. The first-order valence-electron chi connectivity index (χ1n) is 24.6. The van der Waals surface area contributed by atoms with E-state index in [2.05, 4.69) is 18.2 Å². The van der Waals surface area contributed by atoms with Gasteiger partial charge in [-0.2, -0.15) is 0 Å². The van der Waals surface area contributed by atoms with Gasteiger partial charge in [-0.1, -0.05) is 182 Å². The number of rotatable bonds is 7. The fraction of sp³-hybridized carbons (Fsp3) is 0. The van der Waals surface area contributed by atoms with Crippen molar-refractivity contribution in [2.24, 2.45) is 0 Å². The van der Waals surface area contributed by atoms with Gasteiger partial charge in [0.1, 0.15) is 11.2 Å². The van der Waals surface area contributed by atoms with Crippen LogP contribution in [0.5, 0.6) is 0 Å². The van der Waals surface area contributed by atoms with Crippen LogP contribution in [0.3, 0.4) is 0 Å². The summed E-state index contributed by atoms with van der Waals surface area (Å²) in [6.07, 6.45) is 0. The van der Waals surface area contributed by atoms with Gasteiger partial charge in [0.25, 0.3) is 0 Å². The minimum absolute atomic E-state index is 0.0899. The van der Waals surface area contributed by atoms with Crippen molar-refractivity contribution in [3.63, 3.8) is 0 Å². The molecular weight excluding hydrogens is 751 g/mol. The molecule has 62 heavy (non-hydrogen) atoms. The van der Waals surface area contributed by atoms with E-state index >= 15 is 0 Å². The molecule has 0 radical (unpaired) electrons. The van der Waals surface area contributed by atoms with Crippen LogP contribution in [0.25, 0.3) is 98.8 Å². The average molecular weight is 798 g/mol. The number of hydrogen-bond acceptors (Lipinski definition) is 2. The van der Waals surface area contributed by atoms with Crippen LogP contribution in [0, 0.1) is 0 Å². The van der Waals surface area contributed by atoms with Crippen LogP contribution in [-0.2, 0) is 0 Å². The van der Waals surface area contributed by atoms with Gasteiger partial charge in [0, 0.05) is 33.1 Å². The molecule has 0 bridgehead atoms. The van der Waals surface area contributed by atoms with E-state index in [0.717, 1.165) is 59.8 Å². The van der Waals surface area contributed by atoms with Crippen LogP contribution >= 0.6 is 0 Å². The zero-order valence-corrected chi connectivity index (χ0v) is 33.3. The van der Waals surface area contributed by atoms with E-state index < -0.39 is 24.2 Å². The number of para-hydroxylation sites is 2. The third kappa shape index (κ3) is 6.20. The van der Waals surface area contributed by atoms with Gasteiger partial charge in [-0.25, -0.2) is 0 Å². The van der Waals surface area contributed by atoms with Gasteiger partial charge in [-0.15, -0.1) is 0 Å². The van der Waals surface area contributed by atoms with Gasteiger partial charge in [-0.05, 0) is 120 Å². The Kier molecular flexibility index (Phi) is 6.76. The normalized spacial score (nSPS) is 13.4. The maximum atomic E-state index is 9.79. The molecule has 0 amide bonds. The minimum atomic E-state index is -0.415. The highest BCUT2D eigenvalue weighted by Crippen LogP contribution is 2.44. The van der Waals surface area contributed by atoms with Crippen LogP contribution in [0.15, 0.2) is 241 Å². The summed E-state index contributed by atoms with van der Waals surface area (Å²) in [7, 11) is 0.